The number of hydrogen-bond donors (Lipinski definition) is 2. The third kappa shape index (κ3) is 5.99. The number of nitrogens with two attached hydrogens (primary N) is 1. The van der Waals surface area contributed by atoms with Gasteiger partial charge in [0.1, 0.15) is 5.50 Å². The molecule has 2 fully saturated rings. The highest BCUT2D eigenvalue weighted by atomic mass is 35.5. The third-order valence-corrected chi connectivity index (χ3v) is 8.56. The van der Waals surface area contributed by atoms with Crippen molar-refractivity contribution in [3.63, 3.8) is 0 Å². The normalized spacial score (nSPS) is 19.1. The van der Waals surface area contributed by atoms with E-state index in [-0.39, 0.29) is 40.1 Å². The van der Waals surface area contributed by atoms with Crippen molar-refractivity contribution in [2.24, 2.45) is 18.7 Å². The molecule has 0 spiro atoms. The Hall–Kier alpha value is -2.24. The smallest absolute Gasteiger partial charge is 0.345 e. The number of rotatable bonds is 7. The number of carbonyl (C=O) groups is 1. The second-order valence-electron chi connectivity index (χ2n) is 9.68. The fourth-order valence-corrected chi connectivity index (χ4v) is 6.02. The molecule has 1 saturated heterocycles. The van der Waals surface area contributed by atoms with Crippen molar-refractivity contribution in [3.8, 4) is 11.1 Å². The zero-order chi connectivity index (χ0) is 27.2. The summed E-state index contributed by atoms with van der Waals surface area (Å²) in [7, 11) is 1.44. The number of halogens is 5. The van der Waals surface area contributed by atoms with Crippen molar-refractivity contribution in [2.45, 2.75) is 37.1 Å². The molecular formula is C26H26Cl2F3N5OS. The molecule has 5 rings (SSSR count). The number of thioether (sulfide) groups is 1. The van der Waals surface area contributed by atoms with Crippen molar-refractivity contribution in [1.29, 1.82) is 0 Å². The van der Waals surface area contributed by atoms with Crippen LogP contribution in [0.4, 0.5) is 13.2 Å². The standard InChI is InChI=1S/C26H26Cl2F3N5OS/c1-35-13-19(23(34-35)26(29,30)31)17-8-14(12-36-6-7-38-25(36)32)9-18(10-17)24(37)33-22(15-2-3-15)16-4-5-20(27)21(28)11-16/h4-5,8-11,13,15,22,25H,2-3,6-7,12,32H2,1H3,(H,33,37)/t22-,25?/m0/s1. The summed E-state index contributed by atoms with van der Waals surface area (Å²) in [6.07, 6.45) is -1.42. The van der Waals surface area contributed by atoms with Gasteiger partial charge in [-0.3, -0.25) is 14.4 Å². The first-order chi connectivity index (χ1) is 18.0. The van der Waals surface area contributed by atoms with Crippen molar-refractivity contribution in [1.82, 2.24) is 20.0 Å². The lowest BCUT2D eigenvalue weighted by molar-refractivity contribution is -0.140. The quantitative estimate of drug-likeness (QED) is 0.352. The summed E-state index contributed by atoms with van der Waals surface area (Å²) >= 11 is 13.9. The molecule has 3 N–H and O–H groups in total. The molecular weight excluding hydrogens is 558 g/mol. The van der Waals surface area contributed by atoms with Crippen LogP contribution < -0.4 is 11.1 Å². The molecule has 1 aromatic heterocycles. The Morgan fingerprint density at radius 1 is 1.21 bits per heavy atom. The van der Waals surface area contributed by atoms with Crippen molar-refractivity contribution >= 4 is 40.9 Å². The third-order valence-electron chi connectivity index (χ3n) is 6.76. The van der Waals surface area contributed by atoms with E-state index in [1.54, 1.807) is 36.0 Å². The number of benzene rings is 2. The molecule has 0 radical (unpaired) electrons. The molecule has 3 aromatic rings. The molecule has 0 bridgehead atoms. The largest absolute Gasteiger partial charge is 0.435 e. The number of nitrogens with one attached hydrogen (secondary N) is 1. The van der Waals surface area contributed by atoms with Gasteiger partial charge in [-0.1, -0.05) is 29.3 Å². The Bertz CT molecular complexity index is 1360. The molecule has 202 valence electrons. The highest BCUT2D eigenvalue weighted by Crippen LogP contribution is 2.42. The summed E-state index contributed by atoms with van der Waals surface area (Å²) in [5, 5.41) is 7.55. The number of amides is 1. The van der Waals surface area contributed by atoms with E-state index >= 15 is 0 Å². The summed E-state index contributed by atoms with van der Waals surface area (Å²) in [6.45, 7) is 1.15. The fraction of sp³-hybridized carbons (Fsp3) is 0.385. The molecule has 1 amide bonds. The molecule has 2 aromatic carbocycles. The van der Waals surface area contributed by atoms with Gasteiger partial charge in [0.2, 0.25) is 0 Å². The lowest BCUT2D eigenvalue weighted by atomic mass is 9.98. The van der Waals surface area contributed by atoms with Crippen LogP contribution in [-0.4, -0.2) is 38.4 Å². The first-order valence-corrected chi connectivity index (χ1v) is 13.9. The number of nitrogens with zero attached hydrogens (tertiary/aromatic N) is 3. The first-order valence-electron chi connectivity index (χ1n) is 12.1. The maximum absolute atomic E-state index is 13.8. The Balaban J connectivity index is 1.52. The van der Waals surface area contributed by atoms with Crippen LogP contribution >= 0.6 is 35.0 Å². The molecule has 6 nitrogen and oxygen atoms in total. The Morgan fingerprint density at radius 3 is 2.61 bits per heavy atom. The van der Waals surface area contributed by atoms with Crippen LogP contribution in [0, 0.1) is 5.92 Å². The van der Waals surface area contributed by atoms with Crippen LogP contribution in [-0.2, 0) is 19.8 Å². The molecule has 2 heterocycles. The Morgan fingerprint density at radius 2 is 1.97 bits per heavy atom. The van der Waals surface area contributed by atoms with Gasteiger partial charge in [0.05, 0.1) is 16.1 Å². The molecule has 1 aliphatic heterocycles. The zero-order valence-corrected chi connectivity index (χ0v) is 22.8. The van der Waals surface area contributed by atoms with Gasteiger partial charge < -0.3 is 11.1 Å². The second kappa shape index (κ2) is 10.7. The van der Waals surface area contributed by atoms with E-state index in [0.717, 1.165) is 35.4 Å². The Labute approximate surface area is 232 Å². The lowest BCUT2D eigenvalue weighted by Gasteiger charge is -2.22. The van der Waals surface area contributed by atoms with Gasteiger partial charge in [-0.2, -0.15) is 18.3 Å². The van der Waals surface area contributed by atoms with Gasteiger partial charge in [0.15, 0.2) is 5.69 Å². The summed E-state index contributed by atoms with van der Waals surface area (Å²) in [5.41, 5.74) is 6.94. The van der Waals surface area contributed by atoms with E-state index < -0.39 is 11.9 Å². The highest BCUT2D eigenvalue weighted by molar-refractivity contribution is 8.00. The van der Waals surface area contributed by atoms with Gasteiger partial charge in [-0.25, -0.2) is 0 Å². The summed E-state index contributed by atoms with van der Waals surface area (Å²) in [6, 6.07) is 9.86. The summed E-state index contributed by atoms with van der Waals surface area (Å²) < 4.78 is 42.5. The predicted molar refractivity (Wildman–Crippen MR) is 144 cm³/mol. The van der Waals surface area contributed by atoms with Crippen molar-refractivity contribution in [3.05, 3.63) is 75.0 Å². The number of alkyl halides is 3. The molecule has 12 heteroatoms. The van der Waals surface area contributed by atoms with Gasteiger partial charge >= 0.3 is 6.18 Å². The fourth-order valence-electron chi connectivity index (χ4n) is 4.74. The lowest BCUT2D eigenvalue weighted by Crippen LogP contribution is -2.34. The molecule has 1 unspecified atom stereocenters. The predicted octanol–water partition coefficient (Wildman–Crippen LogP) is 6.08. The van der Waals surface area contributed by atoms with Gasteiger partial charge in [0.25, 0.3) is 5.91 Å². The van der Waals surface area contributed by atoms with Crippen molar-refractivity contribution in [2.75, 3.05) is 12.3 Å². The van der Waals surface area contributed by atoms with Crippen LogP contribution in [0.1, 0.15) is 46.1 Å². The SMILES string of the molecule is Cn1cc(-c2cc(CN3CCSC3N)cc(C(=O)N[C@H](c3ccc(Cl)c(Cl)c3)C3CC3)c2)c(C(F)(F)F)n1. The minimum absolute atomic E-state index is 0.0841. The van der Waals surface area contributed by atoms with Gasteiger partial charge in [-0.15, -0.1) is 11.8 Å². The first kappa shape index (κ1) is 27.3. The molecule has 38 heavy (non-hydrogen) atoms. The van der Waals surface area contributed by atoms with E-state index in [9.17, 15) is 18.0 Å². The van der Waals surface area contributed by atoms with E-state index in [4.69, 9.17) is 28.9 Å². The maximum atomic E-state index is 13.8. The minimum Gasteiger partial charge on any atom is -0.345 e. The van der Waals surface area contributed by atoms with Crippen LogP contribution in [0.25, 0.3) is 11.1 Å². The minimum atomic E-state index is -4.64. The average Bonchev–Trinajstić information content (AvgIpc) is 3.50. The monoisotopic (exact) mass is 583 g/mol. The number of carbonyl (C=O) groups excluding carboxylic acids is 1. The summed E-state index contributed by atoms with van der Waals surface area (Å²) in [4.78, 5) is 15.6. The molecule has 1 saturated carbocycles. The van der Waals surface area contributed by atoms with Crippen LogP contribution in [0.5, 0.6) is 0 Å². The zero-order valence-electron chi connectivity index (χ0n) is 20.4. The van der Waals surface area contributed by atoms with E-state index in [1.807, 2.05) is 11.0 Å². The number of aromatic nitrogens is 2. The van der Waals surface area contributed by atoms with Crippen LogP contribution in [0.3, 0.4) is 0 Å². The molecule has 1 aliphatic carbocycles. The summed E-state index contributed by atoms with van der Waals surface area (Å²) in [5.74, 6) is 0.726. The van der Waals surface area contributed by atoms with Crippen LogP contribution in [0.15, 0.2) is 42.6 Å². The Kier molecular flexibility index (Phi) is 7.72. The van der Waals surface area contributed by atoms with Crippen molar-refractivity contribution < 1.29 is 18.0 Å². The average molecular weight is 584 g/mol. The molecule has 2 atom stereocenters. The molecule has 2 aliphatic rings. The number of hydrogen-bond acceptors (Lipinski definition) is 5. The van der Waals surface area contributed by atoms with Gasteiger partial charge in [0, 0.05) is 43.2 Å². The maximum Gasteiger partial charge on any atom is 0.435 e. The topological polar surface area (TPSA) is 76.2 Å². The highest BCUT2D eigenvalue weighted by Gasteiger charge is 2.38. The van der Waals surface area contributed by atoms with E-state index in [0.29, 0.717) is 22.2 Å². The van der Waals surface area contributed by atoms with Crippen LogP contribution in [0.2, 0.25) is 10.0 Å². The van der Waals surface area contributed by atoms with Gasteiger partial charge in [-0.05, 0) is 65.8 Å². The second-order valence-corrected chi connectivity index (χ2v) is 11.7. The van der Waals surface area contributed by atoms with E-state index in [1.165, 1.54) is 19.3 Å². The number of aryl methyl sites for hydroxylation is 1. The van der Waals surface area contributed by atoms with E-state index in [2.05, 4.69) is 10.4 Å².